The summed E-state index contributed by atoms with van der Waals surface area (Å²) in [5, 5.41) is 6.30. The molecule has 130 valence electrons. The highest BCUT2D eigenvalue weighted by atomic mass is 127. The topological polar surface area (TPSA) is 88.7 Å². The highest BCUT2D eigenvalue weighted by molar-refractivity contribution is 14.0. The van der Waals surface area contributed by atoms with Crippen molar-refractivity contribution in [2.24, 2.45) is 16.1 Å². The van der Waals surface area contributed by atoms with Gasteiger partial charge in [-0.2, -0.15) is 0 Å². The van der Waals surface area contributed by atoms with E-state index in [0.717, 1.165) is 17.9 Å². The number of para-hydroxylation sites is 1. The van der Waals surface area contributed by atoms with Crippen LogP contribution in [0.3, 0.4) is 0 Å². The van der Waals surface area contributed by atoms with Crippen molar-refractivity contribution < 1.29 is 9.53 Å². The number of carbonyl (C=O) groups is 1. The minimum absolute atomic E-state index is 0. The lowest BCUT2D eigenvalue weighted by Gasteiger charge is -2.22. The van der Waals surface area contributed by atoms with Crippen molar-refractivity contribution in [1.29, 1.82) is 0 Å². The van der Waals surface area contributed by atoms with Crippen molar-refractivity contribution in [1.82, 2.24) is 10.6 Å². The van der Waals surface area contributed by atoms with Crippen molar-refractivity contribution in [2.75, 3.05) is 20.2 Å². The van der Waals surface area contributed by atoms with Gasteiger partial charge in [0, 0.05) is 18.7 Å². The van der Waals surface area contributed by atoms with E-state index >= 15 is 0 Å². The number of ether oxygens (including phenoxy) is 1. The Morgan fingerprint density at radius 1 is 1.30 bits per heavy atom. The minimum Gasteiger partial charge on any atom is -0.496 e. The number of benzene rings is 1. The number of nitrogens with one attached hydrogen (secondary N) is 2. The maximum absolute atomic E-state index is 11.4. The van der Waals surface area contributed by atoms with E-state index in [0.29, 0.717) is 19.0 Å². The SMILES string of the molecule is CCNC(=NCc1ccccc1OC)NCC(C)(C)C(N)=O.I. The van der Waals surface area contributed by atoms with Gasteiger partial charge in [-0.1, -0.05) is 18.2 Å². The van der Waals surface area contributed by atoms with Crippen LogP contribution in [0.2, 0.25) is 0 Å². The number of halogens is 1. The zero-order chi connectivity index (χ0) is 16.6. The number of primary amides is 1. The van der Waals surface area contributed by atoms with Gasteiger partial charge < -0.3 is 21.1 Å². The van der Waals surface area contributed by atoms with E-state index in [1.807, 2.05) is 31.2 Å². The predicted octanol–water partition coefficient (Wildman–Crippen LogP) is 1.88. The largest absolute Gasteiger partial charge is 0.496 e. The van der Waals surface area contributed by atoms with Gasteiger partial charge in [-0.25, -0.2) is 4.99 Å². The molecule has 7 heteroatoms. The van der Waals surface area contributed by atoms with Gasteiger partial charge in [0.15, 0.2) is 5.96 Å². The van der Waals surface area contributed by atoms with Crippen molar-refractivity contribution in [2.45, 2.75) is 27.3 Å². The Morgan fingerprint density at radius 2 is 1.96 bits per heavy atom. The molecule has 6 nitrogen and oxygen atoms in total. The maximum Gasteiger partial charge on any atom is 0.224 e. The molecular formula is C16H27IN4O2. The molecule has 0 saturated carbocycles. The van der Waals surface area contributed by atoms with Gasteiger partial charge in [-0.05, 0) is 26.8 Å². The number of rotatable bonds is 7. The van der Waals surface area contributed by atoms with Crippen molar-refractivity contribution in [3.05, 3.63) is 29.8 Å². The molecule has 0 fully saturated rings. The number of carbonyl (C=O) groups excluding carboxylic acids is 1. The second-order valence-corrected chi connectivity index (χ2v) is 5.61. The molecule has 0 saturated heterocycles. The molecule has 1 aromatic carbocycles. The average molecular weight is 434 g/mol. The lowest BCUT2D eigenvalue weighted by Crippen LogP contribution is -2.46. The fraction of sp³-hybridized carbons (Fsp3) is 0.500. The summed E-state index contributed by atoms with van der Waals surface area (Å²) in [6.07, 6.45) is 0. The normalized spacial score (nSPS) is 11.4. The maximum atomic E-state index is 11.4. The second kappa shape index (κ2) is 10.3. The second-order valence-electron chi connectivity index (χ2n) is 5.61. The summed E-state index contributed by atoms with van der Waals surface area (Å²) in [6, 6.07) is 7.75. The number of nitrogens with zero attached hydrogens (tertiary/aromatic N) is 1. The van der Waals surface area contributed by atoms with E-state index in [4.69, 9.17) is 10.5 Å². The van der Waals surface area contributed by atoms with Gasteiger partial charge in [-0.15, -0.1) is 24.0 Å². The molecule has 0 bridgehead atoms. The lowest BCUT2D eigenvalue weighted by molar-refractivity contribution is -0.125. The Balaban J connectivity index is 0.00000484. The quantitative estimate of drug-likeness (QED) is 0.348. The van der Waals surface area contributed by atoms with Gasteiger partial charge in [0.25, 0.3) is 0 Å². The van der Waals surface area contributed by atoms with Gasteiger partial charge in [0.1, 0.15) is 5.75 Å². The van der Waals surface area contributed by atoms with Gasteiger partial charge >= 0.3 is 0 Å². The zero-order valence-electron chi connectivity index (χ0n) is 14.2. The smallest absolute Gasteiger partial charge is 0.224 e. The van der Waals surface area contributed by atoms with Crippen LogP contribution < -0.4 is 21.1 Å². The van der Waals surface area contributed by atoms with E-state index in [1.165, 1.54) is 0 Å². The summed E-state index contributed by atoms with van der Waals surface area (Å²) in [5.41, 5.74) is 5.74. The highest BCUT2D eigenvalue weighted by Crippen LogP contribution is 2.18. The summed E-state index contributed by atoms with van der Waals surface area (Å²) in [5.74, 6) is 1.10. The predicted molar refractivity (Wildman–Crippen MR) is 104 cm³/mol. The van der Waals surface area contributed by atoms with E-state index in [2.05, 4.69) is 15.6 Å². The first-order chi connectivity index (χ1) is 10.4. The Labute approximate surface area is 155 Å². The fourth-order valence-electron chi connectivity index (χ4n) is 1.73. The molecule has 1 amide bonds. The number of hydrogen-bond donors (Lipinski definition) is 3. The number of methoxy groups -OCH3 is 1. The average Bonchev–Trinajstić information content (AvgIpc) is 2.50. The van der Waals surface area contributed by atoms with Crippen LogP contribution in [0.4, 0.5) is 0 Å². The van der Waals surface area contributed by atoms with Crippen LogP contribution in [0.5, 0.6) is 5.75 Å². The number of amides is 1. The molecule has 0 aliphatic carbocycles. The van der Waals surface area contributed by atoms with Gasteiger partial charge in [0.05, 0.1) is 19.1 Å². The molecule has 1 rings (SSSR count). The van der Waals surface area contributed by atoms with Crippen molar-refractivity contribution in [3.8, 4) is 5.75 Å². The standard InChI is InChI=1S/C16H26N4O2.HI/c1-5-18-15(20-11-16(2,3)14(17)21)19-10-12-8-6-7-9-13(12)22-4;/h6-9H,5,10-11H2,1-4H3,(H2,17,21)(H2,18,19,20);1H. The van der Waals surface area contributed by atoms with Gasteiger partial charge in [-0.3, -0.25) is 4.79 Å². The Bertz CT molecular complexity index is 533. The number of hydrogen-bond acceptors (Lipinski definition) is 3. The Morgan fingerprint density at radius 3 is 2.52 bits per heavy atom. The third kappa shape index (κ3) is 7.06. The first-order valence-electron chi connectivity index (χ1n) is 7.34. The molecule has 0 spiro atoms. The lowest BCUT2D eigenvalue weighted by atomic mass is 9.93. The van der Waals surface area contributed by atoms with Crippen LogP contribution in [0.1, 0.15) is 26.3 Å². The molecule has 0 atom stereocenters. The number of guanidine groups is 1. The molecule has 0 unspecified atom stereocenters. The van der Waals surface area contributed by atoms with Crippen LogP contribution in [-0.2, 0) is 11.3 Å². The molecule has 23 heavy (non-hydrogen) atoms. The van der Waals surface area contributed by atoms with E-state index in [1.54, 1.807) is 21.0 Å². The van der Waals surface area contributed by atoms with Crippen LogP contribution in [0, 0.1) is 5.41 Å². The van der Waals surface area contributed by atoms with E-state index < -0.39 is 5.41 Å². The zero-order valence-corrected chi connectivity index (χ0v) is 16.5. The molecule has 1 aromatic rings. The molecule has 0 aromatic heterocycles. The van der Waals surface area contributed by atoms with E-state index in [-0.39, 0.29) is 29.9 Å². The summed E-state index contributed by atoms with van der Waals surface area (Å²) in [7, 11) is 1.64. The molecule has 0 aliphatic heterocycles. The van der Waals surface area contributed by atoms with E-state index in [9.17, 15) is 4.79 Å². The number of aliphatic imine (C=N–C) groups is 1. The first-order valence-corrected chi connectivity index (χ1v) is 7.34. The Kier molecular flexibility index (Phi) is 9.62. The molecule has 0 aliphatic rings. The summed E-state index contributed by atoms with van der Waals surface area (Å²) >= 11 is 0. The summed E-state index contributed by atoms with van der Waals surface area (Å²) in [4.78, 5) is 15.9. The van der Waals surface area contributed by atoms with Crippen LogP contribution >= 0.6 is 24.0 Å². The van der Waals surface area contributed by atoms with Crippen LogP contribution in [-0.4, -0.2) is 32.1 Å². The molecule has 0 radical (unpaired) electrons. The van der Waals surface area contributed by atoms with Crippen LogP contribution in [0.15, 0.2) is 29.3 Å². The van der Waals surface area contributed by atoms with Crippen molar-refractivity contribution in [3.63, 3.8) is 0 Å². The Hall–Kier alpha value is -1.51. The number of nitrogens with two attached hydrogens (primary N) is 1. The monoisotopic (exact) mass is 434 g/mol. The fourth-order valence-corrected chi connectivity index (χ4v) is 1.73. The van der Waals surface area contributed by atoms with Crippen molar-refractivity contribution >= 4 is 35.8 Å². The minimum atomic E-state index is -0.638. The molecular weight excluding hydrogens is 407 g/mol. The third-order valence-corrected chi connectivity index (χ3v) is 3.31. The first kappa shape index (κ1) is 21.5. The third-order valence-electron chi connectivity index (χ3n) is 3.31. The molecule has 4 N–H and O–H groups in total. The summed E-state index contributed by atoms with van der Waals surface area (Å²) < 4.78 is 5.31. The van der Waals surface area contributed by atoms with Gasteiger partial charge in [0.2, 0.25) is 5.91 Å². The molecule has 0 heterocycles. The van der Waals surface area contributed by atoms with Crippen LogP contribution in [0.25, 0.3) is 0 Å². The summed E-state index contributed by atoms with van der Waals surface area (Å²) in [6.45, 7) is 7.21. The highest BCUT2D eigenvalue weighted by Gasteiger charge is 2.24.